The zero-order valence-corrected chi connectivity index (χ0v) is 14.9. The molecular formula is C18H15Cl3N2O. The first-order chi connectivity index (χ1) is 11.5. The van der Waals surface area contributed by atoms with Crippen molar-refractivity contribution in [1.29, 1.82) is 0 Å². The minimum atomic E-state index is -1.26. The molecule has 3 rings (SSSR count). The maximum absolute atomic E-state index is 11.5. The molecule has 1 aromatic heterocycles. The molecular weight excluding hydrogens is 367 g/mol. The number of nitrogens with zero attached hydrogens (tertiary/aromatic N) is 2. The number of aliphatic hydroxyl groups is 1. The van der Waals surface area contributed by atoms with E-state index in [4.69, 9.17) is 34.8 Å². The van der Waals surface area contributed by atoms with Crippen molar-refractivity contribution < 1.29 is 5.11 Å². The van der Waals surface area contributed by atoms with Crippen LogP contribution < -0.4 is 0 Å². The quantitative estimate of drug-likeness (QED) is 0.677. The first-order valence-corrected chi connectivity index (χ1v) is 8.48. The lowest BCUT2D eigenvalue weighted by molar-refractivity contribution is 0.0187. The van der Waals surface area contributed by atoms with Crippen molar-refractivity contribution in [3.8, 4) is 0 Å². The fourth-order valence-electron chi connectivity index (χ4n) is 2.74. The van der Waals surface area contributed by atoms with Gasteiger partial charge in [0.15, 0.2) is 0 Å². The Balaban J connectivity index is 2.04. The predicted molar refractivity (Wildman–Crippen MR) is 97.7 cm³/mol. The van der Waals surface area contributed by atoms with Gasteiger partial charge in [0.2, 0.25) is 0 Å². The van der Waals surface area contributed by atoms with Gasteiger partial charge in [-0.3, -0.25) is 0 Å². The Kier molecular flexibility index (Phi) is 5.16. The van der Waals surface area contributed by atoms with Crippen molar-refractivity contribution in [3.05, 3.63) is 87.4 Å². The topological polar surface area (TPSA) is 38.0 Å². The van der Waals surface area contributed by atoms with Gasteiger partial charge >= 0.3 is 0 Å². The van der Waals surface area contributed by atoms with Crippen LogP contribution in [0.5, 0.6) is 0 Å². The van der Waals surface area contributed by atoms with Crippen LogP contribution in [0, 0.1) is 0 Å². The molecule has 0 fully saturated rings. The molecule has 0 aliphatic rings. The number of imidazole rings is 1. The van der Waals surface area contributed by atoms with Gasteiger partial charge in [0.25, 0.3) is 0 Å². The van der Waals surface area contributed by atoms with Gasteiger partial charge in [-0.25, -0.2) is 4.98 Å². The average Bonchev–Trinajstić information content (AvgIpc) is 3.02. The second-order valence-electron chi connectivity index (χ2n) is 5.66. The number of benzene rings is 2. The summed E-state index contributed by atoms with van der Waals surface area (Å²) in [5.74, 6) is 0. The summed E-state index contributed by atoms with van der Waals surface area (Å²) in [6, 6.07) is 12.5. The largest absolute Gasteiger partial charge is 0.383 e. The molecule has 1 atom stereocenters. The van der Waals surface area contributed by atoms with Crippen LogP contribution in [0.4, 0.5) is 0 Å². The summed E-state index contributed by atoms with van der Waals surface area (Å²) in [6.45, 7) is 0.291. The fourth-order valence-corrected chi connectivity index (χ4v) is 3.53. The zero-order chi connectivity index (χ0) is 17.2. The molecule has 1 heterocycles. The highest BCUT2D eigenvalue weighted by Gasteiger charge is 2.33. The number of hydrogen-bond acceptors (Lipinski definition) is 2. The molecule has 0 aliphatic carbocycles. The summed E-state index contributed by atoms with van der Waals surface area (Å²) in [5, 5.41) is 13.0. The molecule has 1 N–H and O–H groups in total. The minimum absolute atomic E-state index is 0.291. The number of halogens is 3. The van der Waals surface area contributed by atoms with Crippen LogP contribution in [0.3, 0.4) is 0 Å². The summed E-state index contributed by atoms with van der Waals surface area (Å²) in [7, 11) is 0. The van der Waals surface area contributed by atoms with Crippen LogP contribution in [0.25, 0.3) is 0 Å². The summed E-state index contributed by atoms with van der Waals surface area (Å²) in [6.07, 6.45) is 5.42. The maximum atomic E-state index is 11.5. The normalized spacial score (nSPS) is 13.7. The van der Waals surface area contributed by atoms with Crippen LogP contribution in [0.2, 0.25) is 15.1 Å². The molecule has 0 spiro atoms. The second-order valence-corrected chi connectivity index (χ2v) is 6.91. The first-order valence-electron chi connectivity index (χ1n) is 7.35. The van der Waals surface area contributed by atoms with E-state index in [0.29, 0.717) is 33.6 Å². The van der Waals surface area contributed by atoms with Crippen LogP contribution in [-0.2, 0) is 18.6 Å². The van der Waals surface area contributed by atoms with E-state index in [1.54, 1.807) is 43.0 Å². The van der Waals surface area contributed by atoms with Gasteiger partial charge in [0, 0.05) is 39.4 Å². The molecule has 3 nitrogen and oxygen atoms in total. The standard InChI is InChI=1S/C18H15Cl3N2O/c19-14-5-6-15(17(21)9-14)18(24,11-23-8-7-22-12-23)10-13-3-1-2-4-16(13)20/h1-9,12,24H,10-11H2. The van der Waals surface area contributed by atoms with Gasteiger partial charge in [-0.05, 0) is 23.8 Å². The van der Waals surface area contributed by atoms with Crippen molar-refractivity contribution in [2.24, 2.45) is 0 Å². The van der Waals surface area contributed by atoms with Gasteiger partial charge in [-0.15, -0.1) is 0 Å². The Hall–Kier alpha value is -1.52. The van der Waals surface area contributed by atoms with E-state index in [0.717, 1.165) is 5.56 Å². The smallest absolute Gasteiger partial charge is 0.113 e. The molecule has 1 unspecified atom stereocenters. The van der Waals surface area contributed by atoms with E-state index in [-0.39, 0.29) is 0 Å². The van der Waals surface area contributed by atoms with E-state index in [2.05, 4.69) is 4.98 Å². The van der Waals surface area contributed by atoms with Crippen molar-refractivity contribution in [2.75, 3.05) is 0 Å². The fraction of sp³-hybridized carbons (Fsp3) is 0.167. The van der Waals surface area contributed by atoms with Crippen LogP contribution in [0.15, 0.2) is 61.2 Å². The summed E-state index contributed by atoms with van der Waals surface area (Å²) >= 11 is 18.6. The van der Waals surface area contributed by atoms with Gasteiger partial charge in [-0.1, -0.05) is 59.1 Å². The summed E-state index contributed by atoms with van der Waals surface area (Å²) in [5.41, 5.74) is 0.183. The van der Waals surface area contributed by atoms with Crippen molar-refractivity contribution in [1.82, 2.24) is 9.55 Å². The first kappa shape index (κ1) is 17.3. The molecule has 3 aromatic rings. The lowest BCUT2D eigenvalue weighted by Gasteiger charge is -2.30. The Morgan fingerprint density at radius 3 is 2.50 bits per heavy atom. The van der Waals surface area contributed by atoms with E-state index in [1.165, 1.54) is 0 Å². The monoisotopic (exact) mass is 380 g/mol. The zero-order valence-electron chi connectivity index (χ0n) is 12.7. The number of rotatable bonds is 5. The van der Waals surface area contributed by atoms with Gasteiger partial charge in [0.05, 0.1) is 12.9 Å². The third-order valence-corrected chi connectivity index (χ3v) is 4.79. The van der Waals surface area contributed by atoms with Gasteiger partial charge in [0.1, 0.15) is 5.60 Å². The van der Waals surface area contributed by atoms with Crippen LogP contribution in [-0.4, -0.2) is 14.7 Å². The van der Waals surface area contributed by atoms with Crippen molar-refractivity contribution in [3.63, 3.8) is 0 Å². The second kappa shape index (κ2) is 7.16. The van der Waals surface area contributed by atoms with Gasteiger partial charge < -0.3 is 9.67 Å². The number of hydrogen-bond donors (Lipinski definition) is 1. The van der Waals surface area contributed by atoms with Crippen molar-refractivity contribution >= 4 is 34.8 Å². The average molecular weight is 382 g/mol. The Labute approximate surface area is 155 Å². The molecule has 6 heteroatoms. The number of aromatic nitrogens is 2. The minimum Gasteiger partial charge on any atom is -0.383 e. The van der Waals surface area contributed by atoms with E-state index < -0.39 is 5.60 Å². The molecule has 0 aliphatic heterocycles. The Morgan fingerprint density at radius 2 is 1.83 bits per heavy atom. The molecule has 0 saturated heterocycles. The Morgan fingerprint density at radius 1 is 1.04 bits per heavy atom. The highest BCUT2D eigenvalue weighted by atomic mass is 35.5. The highest BCUT2D eigenvalue weighted by molar-refractivity contribution is 6.35. The summed E-state index contributed by atoms with van der Waals surface area (Å²) < 4.78 is 1.81. The third-order valence-electron chi connectivity index (χ3n) is 3.88. The van der Waals surface area contributed by atoms with E-state index in [1.807, 2.05) is 22.8 Å². The highest BCUT2D eigenvalue weighted by Crippen LogP contribution is 2.36. The molecule has 0 bridgehead atoms. The molecule has 2 aromatic carbocycles. The predicted octanol–water partition coefficient (Wildman–Crippen LogP) is 4.97. The SMILES string of the molecule is OC(Cc1ccccc1Cl)(Cn1ccnc1)c1ccc(Cl)cc1Cl. The lowest BCUT2D eigenvalue weighted by atomic mass is 9.87. The third kappa shape index (κ3) is 3.76. The Bertz CT molecular complexity index is 836. The lowest BCUT2D eigenvalue weighted by Crippen LogP contribution is -2.34. The molecule has 0 radical (unpaired) electrons. The van der Waals surface area contributed by atoms with Gasteiger partial charge in [-0.2, -0.15) is 0 Å². The van der Waals surface area contributed by atoms with E-state index in [9.17, 15) is 5.11 Å². The van der Waals surface area contributed by atoms with Crippen molar-refractivity contribution in [2.45, 2.75) is 18.6 Å². The molecule has 24 heavy (non-hydrogen) atoms. The summed E-state index contributed by atoms with van der Waals surface area (Å²) in [4.78, 5) is 4.03. The van der Waals surface area contributed by atoms with Crippen LogP contribution in [0.1, 0.15) is 11.1 Å². The maximum Gasteiger partial charge on any atom is 0.113 e. The molecule has 124 valence electrons. The molecule has 0 saturated carbocycles. The van der Waals surface area contributed by atoms with E-state index >= 15 is 0 Å². The van der Waals surface area contributed by atoms with Crippen LogP contribution >= 0.6 is 34.8 Å². The molecule has 0 amide bonds.